The van der Waals surface area contributed by atoms with E-state index in [1.807, 2.05) is 25.7 Å². The molecule has 0 aliphatic heterocycles. The van der Waals surface area contributed by atoms with Crippen LogP contribution in [0.5, 0.6) is 0 Å². The van der Waals surface area contributed by atoms with Gasteiger partial charge in [0.1, 0.15) is 5.54 Å². The van der Waals surface area contributed by atoms with Crippen molar-refractivity contribution >= 4 is 5.97 Å². The van der Waals surface area contributed by atoms with Crippen LogP contribution < -0.4 is 0 Å². The Hall–Kier alpha value is -0.610. The van der Waals surface area contributed by atoms with Crippen LogP contribution in [-0.2, 0) is 9.53 Å². The van der Waals surface area contributed by atoms with Gasteiger partial charge in [-0.05, 0) is 19.4 Å². The molecular formula is C13H27NO3. The van der Waals surface area contributed by atoms with Crippen LogP contribution in [0.1, 0.15) is 46.5 Å². The first-order valence-electron chi connectivity index (χ1n) is 6.56. The maximum atomic E-state index is 11.7. The number of ether oxygens (including phenoxy) is 1. The number of carboxylic acids is 1. The molecule has 0 radical (unpaired) electrons. The number of methoxy groups -OCH3 is 1. The largest absolute Gasteiger partial charge is 0.480 e. The standard InChI is InChI=1S/C13H27NO3/c1-5-8-13(9-6-2,12(15)16)14(7-3)10-11-17-4/h5-11H2,1-4H3,(H,15,16). The number of nitrogens with zero attached hydrogens (tertiary/aromatic N) is 1. The summed E-state index contributed by atoms with van der Waals surface area (Å²) in [5, 5.41) is 9.60. The Kier molecular flexibility index (Phi) is 8.17. The third kappa shape index (κ3) is 4.28. The van der Waals surface area contributed by atoms with Gasteiger partial charge in [-0.25, -0.2) is 0 Å². The minimum atomic E-state index is -0.712. The fourth-order valence-electron chi connectivity index (χ4n) is 2.49. The van der Waals surface area contributed by atoms with E-state index in [2.05, 4.69) is 0 Å². The van der Waals surface area contributed by atoms with E-state index >= 15 is 0 Å². The molecule has 0 spiro atoms. The zero-order valence-electron chi connectivity index (χ0n) is 11.7. The Morgan fingerprint density at radius 1 is 1.24 bits per heavy atom. The monoisotopic (exact) mass is 245 g/mol. The molecule has 0 atom stereocenters. The summed E-state index contributed by atoms with van der Waals surface area (Å²) >= 11 is 0. The Labute approximate surface area is 105 Å². The average molecular weight is 245 g/mol. The number of hydrogen-bond donors (Lipinski definition) is 1. The van der Waals surface area contributed by atoms with Gasteiger partial charge in [-0.2, -0.15) is 0 Å². The quantitative estimate of drug-likeness (QED) is 0.642. The SMILES string of the molecule is CCCC(CCC)(C(=O)O)N(CC)CCOC. The minimum absolute atomic E-state index is 0.580. The molecule has 0 bridgehead atoms. The second kappa shape index (κ2) is 8.48. The van der Waals surface area contributed by atoms with E-state index in [4.69, 9.17) is 4.74 Å². The van der Waals surface area contributed by atoms with E-state index in [9.17, 15) is 9.90 Å². The molecule has 0 saturated carbocycles. The number of aliphatic carboxylic acids is 1. The van der Waals surface area contributed by atoms with Gasteiger partial charge in [-0.3, -0.25) is 9.69 Å². The number of carboxylic acid groups (broad SMARTS) is 1. The summed E-state index contributed by atoms with van der Waals surface area (Å²) in [5.41, 5.74) is -0.712. The van der Waals surface area contributed by atoms with Crippen molar-refractivity contribution in [2.24, 2.45) is 0 Å². The van der Waals surface area contributed by atoms with Gasteiger partial charge in [0.05, 0.1) is 6.61 Å². The highest BCUT2D eigenvalue weighted by Gasteiger charge is 2.41. The van der Waals surface area contributed by atoms with Crippen molar-refractivity contribution in [2.75, 3.05) is 26.8 Å². The van der Waals surface area contributed by atoms with E-state index in [-0.39, 0.29) is 0 Å². The lowest BCUT2D eigenvalue weighted by molar-refractivity contribution is -0.153. The lowest BCUT2D eigenvalue weighted by Crippen LogP contribution is -2.55. The summed E-state index contributed by atoms with van der Waals surface area (Å²) in [4.78, 5) is 13.7. The Morgan fingerprint density at radius 3 is 2.06 bits per heavy atom. The molecule has 0 saturated heterocycles. The third-order valence-electron chi connectivity index (χ3n) is 3.28. The summed E-state index contributed by atoms with van der Waals surface area (Å²) in [5.74, 6) is -0.695. The second-order valence-electron chi connectivity index (χ2n) is 4.41. The molecule has 0 aromatic heterocycles. The highest BCUT2D eigenvalue weighted by molar-refractivity contribution is 5.78. The van der Waals surface area contributed by atoms with E-state index in [0.29, 0.717) is 26.0 Å². The number of rotatable bonds is 10. The molecule has 0 rings (SSSR count). The van der Waals surface area contributed by atoms with Crippen LogP contribution in [0, 0.1) is 0 Å². The molecule has 0 aromatic rings. The van der Waals surface area contributed by atoms with E-state index < -0.39 is 11.5 Å². The Morgan fingerprint density at radius 2 is 1.76 bits per heavy atom. The molecule has 17 heavy (non-hydrogen) atoms. The predicted octanol–water partition coefficient (Wildman–Crippen LogP) is 2.38. The zero-order chi connectivity index (χ0) is 13.3. The zero-order valence-corrected chi connectivity index (χ0v) is 11.7. The normalized spacial score (nSPS) is 12.1. The van der Waals surface area contributed by atoms with Crippen LogP contribution in [0.4, 0.5) is 0 Å². The van der Waals surface area contributed by atoms with E-state index in [1.54, 1.807) is 7.11 Å². The lowest BCUT2D eigenvalue weighted by atomic mass is 9.86. The van der Waals surface area contributed by atoms with Crippen LogP contribution >= 0.6 is 0 Å². The maximum Gasteiger partial charge on any atom is 0.324 e. The van der Waals surface area contributed by atoms with Crippen molar-refractivity contribution < 1.29 is 14.6 Å². The predicted molar refractivity (Wildman–Crippen MR) is 69.3 cm³/mol. The summed E-state index contributed by atoms with van der Waals surface area (Å²) in [6.07, 6.45) is 3.17. The molecule has 0 fully saturated rings. The molecule has 0 aliphatic rings. The van der Waals surface area contributed by atoms with Crippen molar-refractivity contribution in [1.29, 1.82) is 0 Å². The van der Waals surface area contributed by atoms with Crippen molar-refractivity contribution in [1.82, 2.24) is 4.90 Å². The van der Waals surface area contributed by atoms with Crippen molar-refractivity contribution in [3.05, 3.63) is 0 Å². The minimum Gasteiger partial charge on any atom is -0.480 e. The molecule has 0 aliphatic carbocycles. The number of hydrogen-bond acceptors (Lipinski definition) is 3. The molecule has 0 unspecified atom stereocenters. The highest BCUT2D eigenvalue weighted by Crippen LogP contribution is 2.27. The smallest absolute Gasteiger partial charge is 0.324 e. The van der Waals surface area contributed by atoms with Crippen LogP contribution in [0.2, 0.25) is 0 Å². The van der Waals surface area contributed by atoms with Crippen molar-refractivity contribution in [3.8, 4) is 0 Å². The first kappa shape index (κ1) is 16.4. The van der Waals surface area contributed by atoms with Gasteiger partial charge in [0, 0.05) is 13.7 Å². The Balaban J connectivity index is 4.98. The molecule has 102 valence electrons. The Bertz CT molecular complexity index is 213. The fourth-order valence-corrected chi connectivity index (χ4v) is 2.49. The van der Waals surface area contributed by atoms with Gasteiger partial charge in [-0.1, -0.05) is 33.6 Å². The van der Waals surface area contributed by atoms with Crippen LogP contribution in [0.25, 0.3) is 0 Å². The van der Waals surface area contributed by atoms with Gasteiger partial charge in [-0.15, -0.1) is 0 Å². The molecule has 0 heterocycles. The van der Waals surface area contributed by atoms with E-state index in [0.717, 1.165) is 19.4 Å². The lowest BCUT2D eigenvalue weighted by Gasteiger charge is -2.40. The second-order valence-corrected chi connectivity index (χ2v) is 4.41. The van der Waals surface area contributed by atoms with E-state index in [1.165, 1.54) is 0 Å². The van der Waals surface area contributed by atoms with Crippen LogP contribution in [0.15, 0.2) is 0 Å². The van der Waals surface area contributed by atoms with Gasteiger partial charge < -0.3 is 9.84 Å². The van der Waals surface area contributed by atoms with Gasteiger partial charge in [0.25, 0.3) is 0 Å². The maximum absolute atomic E-state index is 11.7. The molecule has 4 nitrogen and oxygen atoms in total. The molecular weight excluding hydrogens is 218 g/mol. The van der Waals surface area contributed by atoms with Gasteiger partial charge >= 0.3 is 5.97 Å². The van der Waals surface area contributed by atoms with Gasteiger partial charge in [0.15, 0.2) is 0 Å². The van der Waals surface area contributed by atoms with Gasteiger partial charge in [0.2, 0.25) is 0 Å². The summed E-state index contributed by atoms with van der Waals surface area (Å²) < 4.78 is 5.07. The first-order valence-corrected chi connectivity index (χ1v) is 6.56. The summed E-state index contributed by atoms with van der Waals surface area (Å²) in [6.45, 7) is 8.10. The van der Waals surface area contributed by atoms with Crippen LogP contribution in [0.3, 0.4) is 0 Å². The van der Waals surface area contributed by atoms with Crippen LogP contribution in [-0.4, -0.2) is 48.3 Å². The topological polar surface area (TPSA) is 49.8 Å². The third-order valence-corrected chi connectivity index (χ3v) is 3.28. The number of carbonyl (C=O) groups is 1. The van der Waals surface area contributed by atoms with Crippen molar-refractivity contribution in [3.63, 3.8) is 0 Å². The fraction of sp³-hybridized carbons (Fsp3) is 0.923. The van der Waals surface area contributed by atoms with Crippen molar-refractivity contribution in [2.45, 2.75) is 52.0 Å². The summed E-state index contributed by atoms with van der Waals surface area (Å²) in [7, 11) is 1.65. The molecule has 0 aromatic carbocycles. The first-order chi connectivity index (χ1) is 8.08. The molecule has 4 heteroatoms. The highest BCUT2D eigenvalue weighted by atomic mass is 16.5. The summed E-state index contributed by atoms with van der Waals surface area (Å²) in [6, 6.07) is 0. The molecule has 1 N–H and O–H groups in total. The molecule has 0 amide bonds. The average Bonchev–Trinajstić information content (AvgIpc) is 2.30. The number of likely N-dealkylation sites (N-methyl/N-ethyl adjacent to an activating group) is 1.